The molecule has 5 atom stereocenters. The summed E-state index contributed by atoms with van der Waals surface area (Å²) in [5.74, 6) is -5.68. The number of carboxylic acids is 1. The summed E-state index contributed by atoms with van der Waals surface area (Å²) in [6, 6.07) is 3.17. The van der Waals surface area contributed by atoms with E-state index in [1.807, 2.05) is 0 Å². The predicted molar refractivity (Wildman–Crippen MR) is 163 cm³/mol. The van der Waals surface area contributed by atoms with Gasteiger partial charge in [-0.2, -0.15) is 0 Å². The zero-order valence-electron chi connectivity index (χ0n) is 26.6. The van der Waals surface area contributed by atoms with Crippen molar-refractivity contribution in [3.05, 3.63) is 23.8 Å². The van der Waals surface area contributed by atoms with Crippen LogP contribution < -0.4 is 14.8 Å². The van der Waals surface area contributed by atoms with Crippen molar-refractivity contribution in [1.82, 2.24) is 5.32 Å². The Morgan fingerprint density at radius 2 is 1.22 bits per heavy atom. The molecule has 1 aromatic carbocycles. The summed E-state index contributed by atoms with van der Waals surface area (Å²) in [5.41, 5.74) is 0.426. The zero-order valence-corrected chi connectivity index (χ0v) is 26.6. The highest BCUT2D eigenvalue weighted by Crippen LogP contribution is 2.35. The molecule has 46 heavy (non-hydrogen) atoms. The van der Waals surface area contributed by atoms with Crippen LogP contribution in [0, 0.1) is 17.8 Å². The predicted octanol–water partition coefficient (Wildman–Crippen LogP) is 4.43. The monoisotopic (exact) mass is 643 g/mol. The molecule has 0 saturated heterocycles. The molecule has 3 saturated carbocycles. The van der Waals surface area contributed by atoms with Crippen molar-refractivity contribution in [2.24, 2.45) is 17.8 Å². The van der Waals surface area contributed by atoms with Crippen LogP contribution in [0.5, 0.6) is 11.5 Å². The number of benzene rings is 1. The number of carbonyl (C=O) groups excluding carboxylic acids is 5. The van der Waals surface area contributed by atoms with Crippen molar-refractivity contribution in [2.45, 2.75) is 122 Å². The number of carbonyl (C=O) groups is 6. The van der Waals surface area contributed by atoms with Crippen LogP contribution in [0.2, 0.25) is 0 Å². The SMILES string of the molecule is CC(=O)OC1CCCCC1C(=O)Oc1ccc(C[C@H](NC(=O)C2CCCCC2)C(=O)O)cc1OC(=O)C1CCCCC1OC(C)=O. The molecule has 0 heterocycles. The molecule has 3 fully saturated rings. The lowest BCUT2D eigenvalue weighted by Crippen LogP contribution is -2.45. The van der Waals surface area contributed by atoms with E-state index in [4.69, 9.17) is 18.9 Å². The van der Waals surface area contributed by atoms with Gasteiger partial charge in [0.05, 0.1) is 11.8 Å². The van der Waals surface area contributed by atoms with Gasteiger partial charge in [0.15, 0.2) is 11.5 Å². The lowest BCUT2D eigenvalue weighted by molar-refractivity contribution is -0.161. The first kappa shape index (κ1) is 34.9. The maximum Gasteiger partial charge on any atom is 0.326 e. The first-order chi connectivity index (χ1) is 22.0. The first-order valence-electron chi connectivity index (χ1n) is 16.5. The van der Waals surface area contributed by atoms with E-state index in [9.17, 15) is 33.9 Å². The largest absolute Gasteiger partial charge is 0.480 e. The number of carboxylic acid groups (broad SMARTS) is 1. The number of esters is 4. The Morgan fingerprint density at radius 3 is 1.74 bits per heavy atom. The van der Waals surface area contributed by atoms with Gasteiger partial charge < -0.3 is 29.4 Å². The molecule has 3 aliphatic rings. The van der Waals surface area contributed by atoms with Crippen LogP contribution in [0.15, 0.2) is 18.2 Å². The summed E-state index contributed by atoms with van der Waals surface area (Å²) in [6.07, 6.45) is 7.90. The van der Waals surface area contributed by atoms with E-state index in [2.05, 4.69) is 5.32 Å². The third-order valence-electron chi connectivity index (χ3n) is 9.10. The number of hydrogen-bond donors (Lipinski definition) is 2. The van der Waals surface area contributed by atoms with E-state index in [1.54, 1.807) is 6.07 Å². The number of ether oxygens (including phenoxy) is 4. The normalized spacial score (nSPS) is 24.1. The zero-order chi connectivity index (χ0) is 33.2. The number of amides is 1. The Kier molecular flexibility index (Phi) is 12.6. The molecule has 3 aliphatic carbocycles. The van der Waals surface area contributed by atoms with E-state index in [1.165, 1.54) is 26.0 Å². The van der Waals surface area contributed by atoms with Crippen LogP contribution in [-0.4, -0.2) is 59.1 Å². The molecule has 0 aromatic heterocycles. The molecule has 1 amide bonds. The standard InChI is InChI=1S/C34H45NO11/c1-20(36)43-27-14-8-6-12-24(27)33(41)45-29-17-16-22(18-26(32(39)40)35-31(38)23-10-4-3-5-11-23)19-30(29)46-34(42)25-13-7-9-15-28(25)44-21(2)37/h16-17,19,23-28H,3-15,18H2,1-2H3,(H,35,38)(H,39,40)/t24?,25?,26-,27?,28?/m0/s1. The minimum absolute atomic E-state index is 0.0628. The molecule has 0 bridgehead atoms. The van der Waals surface area contributed by atoms with Crippen LogP contribution in [-0.2, 0) is 44.7 Å². The minimum atomic E-state index is -1.23. The van der Waals surface area contributed by atoms with Crippen molar-refractivity contribution in [3.63, 3.8) is 0 Å². The Morgan fingerprint density at radius 1 is 0.717 bits per heavy atom. The molecule has 1 aromatic rings. The lowest BCUT2D eigenvalue weighted by Gasteiger charge is -2.30. The Hall–Kier alpha value is -3.96. The molecular weight excluding hydrogens is 598 g/mol. The molecule has 0 radical (unpaired) electrons. The molecule has 12 heteroatoms. The third-order valence-corrected chi connectivity index (χ3v) is 9.10. The average molecular weight is 644 g/mol. The maximum atomic E-state index is 13.5. The minimum Gasteiger partial charge on any atom is -0.480 e. The van der Waals surface area contributed by atoms with Gasteiger partial charge in [-0.05, 0) is 69.1 Å². The highest BCUT2D eigenvalue weighted by molar-refractivity contribution is 5.85. The van der Waals surface area contributed by atoms with Gasteiger partial charge in [0.2, 0.25) is 5.91 Å². The van der Waals surface area contributed by atoms with Gasteiger partial charge in [-0.25, -0.2) is 4.79 Å². The summed E-state index contributed by atoms with van der Waals surface area (Å²) in [7, 11) is 0. The van der Waals surface area contributed by atoms with E-state index < -0.39 is 59.9 Å². The molecule has 252 valence electrons. The van der Waals surface area contributed by atoms with Gasteiger partial charge >= 0.3 is 29.8 Å². The van der Waals surface area contributed by atoms with Gasteiger partial charge in [-0.15, -0.1) is 0 Å². The quantitative estimate of drug-likeness (QED) is 0.258. The highest BCUT2D eigenvalue weighted by atomic mass is 16.6. The maximum absolute atomic E-state index is 13.5. The fourth-order valence-corrected chi connectivity index (χ4v) is 6.74. The van der Waals surface area contributed by atoms with Gasteiger partial charge in [0.1, 0.15) is 18.2 Å². The molecule has 0 aliphatic heterocycles. The molecule has 0 spiro atoms. The van der Waals surface area contributed by atoms with Crippen molar-refractivity contribution < 1.29 is 52.8 Å². The average Bonchev–Trinajstić information content (AvgIpc) is 3.02. The number of aliphatic carboxylic acids is 1. The Balaban J connectivity index is 1.57. The second-order valence-corrected chi connectivity index (χ2v) is 12.6. The van der Waals surface area contributed by atoms with Crippen molar-refractivity contribution in [3.8, 4) is 11.5 Å². The fraction of sp³-hybridized carbons (Fsp3) is 0.647. The fourth-order valence-electron chi connectivity index (χ4n) is 6.74. The highest BCUT2D eigenvalue weighted by Gasteiger charge is 2.37. The summed E-state index contributed by atoms with van der Waals surface area (Å²) < 4.78 is 22.3. The molecular formula is C34H45NO11. The summed E-state index contributed by atoms with van der Waals surface area (Å²) in [6.45, 7) is 2.56. The van der Waals surface area contributed by atoms with Crippen LogP contribution >= 0.6 is 0 Å². The van der Waals surface area contributed by atoms with E-state index >= 15 is 0 Å². The van der Waals surface area contributed by atoms with Gasteiger partial charge in [0.25, 0.3) is 0 Å². The Labute approximate surface area is 268 Å². The second kappa shape index (κ2) is 16.6. The van der Waals surface area contributed by atoms with E-state index in [0.717, 1.165) is 44.9 Å². The number of rotatable bonds is 11. The first-order valence-corrected chi connectivity index (χ1v) is 16.5. The summed E-state index contributed by atoms with van der Waals surface area (Å²) in [4.78, 5) is 75.2. The van der Waals surface area contributed by atoms with Crippen molar-refractivity contribution >= 4 is 35.8 Å². The van der Waals surface area contributed by atoms with Crippen LogP contribution in [0.4, 0.5) is 0 Å². The van der Waals surface area contributed by atoms with Gasteiger partial charge in [0, 0.05) is 26.2 Å². The Bertz CT molecular complexity index is 1290. The molecule has 2 N–H and O–H groups in total. The van der Waals surface area contributed by atoms with Crippen LogP contribution in [0.25, 0.3) is 0 Å². The van der Waals surface area contributed by atoms with Gasteiger partial charge in [-0.1, -0.05) is 38.2 Å². The summed E-state index contributed by atoms with van der Waals surface area (Å²) in [5, 5.41) is 12.6. The number of nitrogens with one attached hydrogen (secondary N) is 1. The molecule has 4 rings (SSSR count). The molecule has 4 unspecified atom stereocenters. The van der Waals surface area contributed by atoms with Gasteiger partial charge in [-0.3, -0.25) is 24.0 Å². The van der Waals surface area contributed by atoms with E-state index in [0.29, 0.717) is 44.1 Å². The lowest BCUT2D eigenvalue weighted by atomic mass is 9.86. The van der Waals surface area contributed by atoms with Crippen LogP contribution in [0.3, 0.4) is 0 Å². The van der Waals surface area contributed by atoms with Crippen LogP contribution in [0.1, 0.15) is 103 Å². The third kappa shape index (κ3) is 9.77. The smallest absolute Gasteiger partial charge is 0.326 e. The second-order valence-electron chi connectivity index (χ2n) is 12.6. The molecule has 12 nitrogen and oxygen atoms in total. The van der Waals surface area contributed by atoms with Crippen molar-refractivity contribution in [1.29, 1.82) is 0 Å². The topological polar surface area (TPSA) is 172 Å². The van der Waals surface area contributed by atoms with Crippen molar-refractivity contribution in [2.75, 3.05) is 0 Å². The summed E-state index contributed by atoms with van der Waals surface area (Å²) >= 11 is 0. The van der Waals surface area contributed by atoms with E-state index in [-0.39, 0.29) is 29.7 Å². The number of hydrogen-bond acceptors (Lipinski definition) is 10.